The predicted molar refractivity (Wildman–Crippen MR) is 113 cm³/mol. The van der Waals surface area contributed by atoms with Crippen molar-refractivity contribution in [3.63, 3.8) is 0 Å². The lowest BCUT2D eigenvalue weighted by Gasteiger charge is -2.10. The summed E-state index contributed by atoms with van der Waals surface area (Å²) in [6.07, 6.45) is 1.32. The number of hydrogen-bond acceptors (Lipinski definition) is 7. The van der Waals surface area contributed by atoms with Crippen molar-refractivity contribution in [2.24, 2.45) is 5.10 Å². The molecule has 0 aliphatic heterocycles. The number of nitro groups is 1. The average molecular weight is 437 g/mol. The monoisotopic (exact) mass is 437 g/mol. The fourth-order valence-electron chi connectivity index (χ4n) is 2.61. The zero-order chi connectivity index (χ0) is 23.1. The van der Waals surface area contributed by atoms with Gasteiger partial charge >= 0.3 is 5.97 Å². The molecule has 0 fully saturated rings. The third-order valence-electron chi connectivity index (χ3n) is 4.15. The van der Waals surface area contributed by atoms with Crippen LogP contribution < -0.4 is 14.9 Å². The number of ether oxygens (including phenoxy) is 2. The van der Waals surface area contributed by atoms with Crippen molar-refractivity contribution >= 4 is 23.8 Å². The van der Waals surface area contributed by atoms with E-state index in [0.29, 0.717) is 5.56 Å². The van der Waals surface area contributed by atoms with Gasteiger partial charge < -0.3 is 9.47 Å². The quantitative estimate of drug-likeness (QED) is 0.198. The first-order valence-corrected chi connectivity index (χ1v) is 9.11. The summed E-state index contributed by atoms with van der Waals surface area (Å²) >= 11 is 0. The first-order chi connectivity index (χ1) is 15.4. The highest BCUT2D eigenvalue weighted by atomic mass is 19.1. The standard InChI is InChI=1S/C22H16FN3O6/c1-31-20-10-14(8-9-19(20)32-22(28)16-5-2-6-17(23)11-16)13-24-25-21(27)15-4-3-7-18(12-15)26(29)30/h2-13H,1H3,(H,25,27)/b24-13-. The molecule has 0 heterocycles. The van der Waals surface area contributed by atoms with Gasteiger partial charge in [-0.2, -0.15) is 5.10 Å². The zero-order valence-corrected chi connectivity index (χ0v) is 16.7. The molecule has 32 heavy (non-hydrogen) atoms. The molecule has 3 rings (SSSR count). The first-order valence-electron chi connectivity index (χ1n) is 9.11. The van der Waals surface area contributed by atoms with Crippen LogP contribution in [0.4, 0.5) is 10.1 Å². The minimum Gasteiger partial charge on any atom is -0.493 e. The third kappa shape index (κ3) is 5.51. The number of carbonyl (C=O) groups is 2. The molecule has 0 aliphatic rings. The van der Waals surface area contributed by atoms with E-state index < -0.39 is 22.6 Å². The van der Waals surface area contributed by atoms with Crippen LogP contribution in [0.3, 0.4) is 0 Å². The molecule has 0 spiro atoms. The molecule has 0 bridgehead atoms. The molecule has 0 radical (unpaired) electrons. The SMILES string of the molecule is COc1cc(/C=N\NC(=O)c2cccc([N+](=O)[O-])c2)ccc1OC(=O)c1cccc(F)c1. The molecule has 9 nitrogen and oxygen atoms in total. The highest BCUT2D eigenvalue weighted by Crippen LogP contribution is 2.28. The Kier molecular flexibility index (Phi) is 6.86. The van der Waals surface area contributed by atoms with E-state index in [1.807, 2.05) is 0 Å². The molecule has 0 aliphatic carbocycles. The maximum Gasteiger partial charge on any atom is 0.343 e. The molecule has 162 valence electrons. The molecule has 10 heteroatoms. The summed E-state index contributed by atoms with van der Waals surface area (Å²) in [7, 11) is 1.37. The van der Waals surface area contributed by atoms with Crippen molar-refractivity contribution < 1.29 is 28.4 Å². The second-order valence-corrected chi connectivity index (χ2v) is 6.32. The van der Waals surface area contributed by atoms with Gasteiger partial charge in [0.15, 0.2) is 11.5 Å². The number of nitro benzene ring substituents is 1. The molecular weight excluding hydrogens is 421 g/mol. The van der Waals surface area contributed by atoms with Gasteiger partial charge in [-0.05, 0) is 48.0 Å². The second kappa shape index (κ2) is 9.94. The number of amides is 1. The maximum atomic E-state index is 13.3. The van der Waals surface area contributed by atoms with Crippen molar-refractivity contribution in [2.75, 3.05) is 7.11 Å². The number of rotatable bonds is 7. The van der Waals surface area contributed by atoms with Crippen LogP contribution in [0.5, 0.6) is 11.5 Å². The Hall–Kier alpha value is -4.60. The van der Waals surface area contributed by atoms with Crippen molar-refractivity contribution in [2.45, 2.75) is 0 Å². The van der Waals surface area contributed by atoms with Crippen molar-refractivity contribution in [3.05, 3.63) is 99.4 Å². The molecule has 3 aromatic rings. The zero-order valence-electron chi connectivity index (χ0n) is 16.7. The topological polar surface area (TPSA) is 120 Å². The van der Waals surface area contributed by atoms with Gasteiger partial charge in [0.2, 0.25) is 0 Å². The number of esters is 1. The van der Waals surface area contributed by atoms with Gasteiger partial charge in [0.25, 0.3) is 11.6 Å². The van der Waals surface area contributed by atoms with E-state index in [1.54, 1.807) is 6.07 Å². The average Bonchev–Trinajstić information content (AvgIpc) is 2.79. The van der Waals surface area contributed by atoms with E-state index in [-0.39, 0.29) is 28.3 Å². The maximum absolute atomic E-state index is 13.3. The lowest BCUT2D eigenvalue weighted by molar-refractivity contribution is -0.384. The van der Waals surface area contributed by atoms with Crippen LogP contribution in [0.2, 0.25) is 0 Å². The fourth-order valence-corrected chi connectivity index (χ4v) is 2.61. The van der Waals surface area contributed by atoms with Crippen LogP contribution in [0.1, 0.15) is 26.3 Å². The number of nitrogens with one attached hydrogen (secondary N) is 1. The smallest absolute Gasteiger partial charge is 0.343 e. The molecule has 0 atom stereocenters. The molecule has 0 aromatic heterocycles. The number of benzene rings is 3. The highest BCUT2D eigenvalue weighted by molar-refractivity contribution is 5.95. The van der Waals surface area contributed by atoms with Crippen LogP contribution in [0.15, 0.2) is 71.8 Å². The van der Waals surface area contributed by atoms with Gasteiger partial charge in [0, 0.05) is 17.7 Å². The highest BCUT2D eigenvalue weighted by Gasteiger charge is 2.14. The van der Waals surface area contributed by atoms with E-state index in [4.69, 9.17) is 9.47 Å². The first kappa shape index (κ1) is 22.1. The number of hydrazone groups is 1. The predicted octanol–water partition coefficient (Wildman–Crippen LogP) is 3.73. The lowest BCUT2D eigenvalue weighted by atomic mass is 10.2. The molecule has 3 aromatic carbocycles. The molecule has 0 saturated carbocycles. The van der Waals surface area contributed by atoms with E-state index in [9.17, 15) is 24.1 Å². The molecular formula is C22H16FN3O6. The van der Waals surface area contributed by atoms with Gasteiger partial charge in [-0.1, -0.05) is 12.1 Å². The number of methoxy groups -OCH3 is 1. The van der Waals surface area contributed by atoms with Gasteiger partial charge in [0.05, 0.1) is 23.8 Å². The molecule has 1 N–H and O–H groups in total. The minimum atomic E-state index is -0.756. The number of hydrogen-bond donors (Lipinski definition) is 1. The van der Waals surface area contributed by atoms with Gasteiger partial charge in [0.1, 0.15) is 5.82 Å². The number of halogens is 1. The van der Waals surface area contributed by atoms with E-state index in [1.165, 1.54) is 61.9 Å². The fraction of sp³-hybridized carbons (Fsp3) is 0.0455. The second-order valence-electron chi connectivity index (χ2n) is 6.32. The van der Waals surface area contributed by atoms with Crippen molar-refractivity contribution in [1.29, 1.82) is 0 Å². The molecule has 0 unspecified atom stereocenters. The summed E-state index contributed by atoms with van der Waals surface area (Å²) in [5.74, 6) is -1.63. The van der Waals surface area contributed by atoms with Crippen LogP contribution in [0, 0.1) is 15.9 Å². The molecule has 1 amide bonds. The summed E-state index contributed by atoms with van der Waals surface area (Å²) in [4.78, 5) is 34.5. The summed E-state index contributed by atoms with van der Waals surface area (Å²) in [5.41, 5.74) is 2.68. The third-order valence-corrected chi connectivity index (χ3v) is 4.15. The minimum absolute atomic E-state index is 0.0431. The van der Waals surface area contributed by atoms with Crippen LogP contribution >= 0.6 is 0 Å². The largest absolute Gasteiger partial charge is 0.493 e. The van der Waals surface area contributed by atoms with Crippen LogP contribution in [-0.4, -0.2) is 30.1 Å². The Labute approximate surface area is 181 Å². The van der Waals surface area contributed by atoms with E-state index in [2.05, 4.69) is 10.5 Å². The van der Waals surface area contributed by atoms with Crippen LogP contribution in [0.25, 0.3) is 0 Å². The summed E-state index contributed by atoms with van der Waals surface area (Å²) in [5, 5.41) is 14.6. The Balaban J connectivity index is 1.68. The van der Waals surface area contributed by atoms with Crippen molar-refractivity contribution in [3.8, 4) is 11.5 Å². The van der Waals surface area contributed by atoms with Gasteiger partial charge in [-0.15, -0.1) is 0 Å². The van der Waals surface area contributed by atoms with E-state index in [0.717, 1.165) is 12.1 Å². The Morgan fingerprint density at radius 1 is 1.03 bits per heavy atom. The lowest BCUT2D eigenvalue weighted by Crippen LogP contribution is -2.17. The number of non-ortho nitro benzene ring substituents is 1. The van der Waals surface area contributed by atoms with Crippen molar-refractivity contribution in [1.82, 2.24) is 5.43 Å². The van der Waals surface area contributed by atoms with Crippen LogP contribution in [-0.2, 0) is 0 Å². The summed E-state index contributed by atoms with van der Waals surface area (Å²) in [6, 6.07) is 14.8. The van der Waals surface area contributed by atoms with E-state index >= 15 is 0 Å². The Morgan fingerprint density at radius 2 is 1.78 bits per heavy atom. The summed E-state index contributed by atoms with van der Waals surface area (Å²) in [6.45, 7) is 0. The van der Waals surface area contributed by atoms with Gasteiger partial charge in [-0.25, -0.2) is 14.6 Å². The number of carbonyl (C=O) groups excluding carboxylic acids is 2. The Morgan fingerprint density at radius 3 is 2.50 bits per heavy atom. The summed E-state index contributed by atoms with van der Waals surface area (Å²) < 4.78 is 23.8. The van der Waals surface area contributed by atoms with Gasteiger partial charge in [-0.3, -0.25) is 14.9 Å². The molecule has 0 saturated heterocycles. The Bertz CT molecular complexity index is 1210. The normalized spacial score (nSPS) is 10.6. The number of nitrogens with zero attached hydrogens (tertiary/aromatic N) is 2.